The van der Waals surface area contributed by atoms with Gasteiger partial charge in [0.05, 0.1) is 20.2 Å². The molecule has 6 nitrogen and oxygen atoms in total. The van der Waals surface area contributed by atoms with Gasteiger partial charge in [-0.15, -0.1) is 0 Å². The molecule has 0 fully saturated rings. The maximum atomic E-state index is 12.6. The number of halogens is 2. The van der Waals surface area contributed by atoms with E-state index in [2.05, 4.69) is 0 Å². The molecule has 3 aromatic rings. The first-order valence-corrected chi connectivity index (χ1v) is 8.01. The molecule has 0 spiro atoms. The minimum absolute atomic E-state index is 0.0153. The molecule has 0 bridgehead atoms. The molecule has 0 unspecified atom stereocenters. The lowest BCUT2D eigenvalue weighted by atomic mass is 10.2. The molecule has 0 aliphatic rings. The maximum Gasteiger partial charge on any atom is 0.411 e. The van der Waals surface area contributed by atoms with E-state index in [1.807, 2.05) is 6.07 Å². The van der Waals surface area contributed by atoms with Gasteiger partial charge >= 0.3 is 11.7 Å². The molecule has 2 aromatic carbocycles. The summed E-state index contributed by atoms with van der Waals surface area (Å²) in [5, 5.41) is 12.6. The van der Waals surface area contributed by atoms with Crippen molar-refractivity contribution in [2.24, 2.45) is 0 Å². The average molecular weight is 379 g/mol. The molecule has 0 aliphatic carbocycles. The number of ether oxygens (including phenoxy) is 1. The van der Waals surface area contributed by atoms with E-state index < -0.39 is 11.7 Å². The van der Waals surface area contributed by atoms with E-state index in [0.29, 0.717) is 9.16 Å². The van der Waals surface area contributed by atoms with Crippen LogP contribution in [-0.2, 0) is 11.3 Å². The van der Waals surface area contributed by atoms with Gasteiger partial charge in [0.25, 0.3) is 5.52 Å². The van der Waals surface area contributed by atoms with Crippen LogP contribution in [0, 0.1) is 17.0 Å². The van der Waals surface area contributed by atoms with Crippen molar-refractivity contribution < 1.29 is 14.0 Å². The second-order valence-corrected chi connectivity index (χ2v) is 6.15. The van der Waals surface area contributed by atoms with Gasteiger partial charge in [0.2, 0.25) is 0 Å². The summed E-state index contributed by atoms with van der Waals surface area (Å²) in [4.78, 5) is 24.9. The number of esters is 1. The fourth-order valence-corrected chi connectivity index (χ4v) is 2.73. The molecule has 0 saturated heterocycles. The Kier molecular flexibility index (Phi) is 4.65. The first-order valence-electron chi connectivity index (χ1n) is 7.25. The van der Waals surface area contributed by atoms with Gasteiger partial charge in [0.1, 0.15) is 12.1 Å². The number of hydrogen-bond acceptors (Lipinski definition) is 4. The Labute approximate surface area is 152 Å². The van der Waals surface area contributed by atoms with Crippen LogP contribution in [0.2, 0.25) is 10.0 Å². The Balaban J connectivity index is 2.05. The molecule has 3 rings (SSSR count). The quantitative estimate of drug-likeness (QED) is 0.511. The molecule has 128 valence electrons. The normalized spacial score (nSPS) is 10.8. The topological polar surface area (TPSA) is 77.3 Å². The highest BCUT2D eigenvalue weighted by Crippen LogP contribution is 2.27. The Morgan fingerprint density at radius 1 is 1.20 bits per heavy atom. The lowest BCUT2D eigenvalue weighted by molar-refractivity contribution is -0.469. The second kappa shape index (κ2) is 6.74. The third-order valence-corrected chi connectivity index (χ3v) is 4.43. The standard InChI is InChI=1S/C17H12Cl2N2O4/c1-10-16(17(22)25-9-11-5-3-2-4-6-11)21(24)15-8-13(19)12(18)7-14(15)20(10)23/h2-8H,9H2,1H3. The van der Waals surface area contributed by atoms with Crippen molar-refractivity contribution in [3.63, 3.8) is 0 Å². The summed E-state index contributed by atoms with van der Waals surface area (Å²) >= 11 is 11.8. The number of aromatic nitrogens is 2. The molecule has 0 N–H and O–H groups in total. The zero-order chi connectivity index (χ0) is 18.1. The zero-order valence-electron chi connectivity index (χ0n) is 13.0. The van der Waals surface area contributed by atoms with E-state index in [1.165, 1.54) is 19.1 Å². The summed E-state index contributed by atoms with van der Waals surface area (Å²) in [5.74, 6) is -0.895. The number of rotatable bonds is 3. The van der Waals surface area contributed by atoms with Crippen LogP contribution in [0.25, 0.3) is 11.0 Å². The summed E-state index contributed by atoms with van der Waals surface area (Å²) in [5.41, 5.74) is 0.232. The van der Waals surface area contributed by atoms with Crippen molar-refractivity contribution in [1.29, 1.82) is 0 Å². The monoisotopic (exact) mass is 378 g/mol. The summed E-state index contributed by atoms with van der Waals surface area (Å²) in [7, 11) is 0. The van der Waals surface area contributed by atoms with Gasteiger partial charge in [-0.25, -0.2) is 4.79 Å². The van der Waals surface area contributed by atoms with Gasteiger partial charge in [-0.1, -0.05) is 53.5 Å². The first kappa shape index (κ1) is 17.3. The van der Waals surface area contributed by atoms with Gasteiger partial charge < -0.3 is 14.7 Å². The van der Waals surface area contributed by atoms with Gasteiger partial charge in [-0.05, 0) is 18.6 Å². The lowest BCUT2D eigenvalue weighted by Crippen LogP contribution is -2.31. The Morgan fingerprint density at radius 3 is 2.52 bits per heavy atom. The fraction of sp³-hybridized carbons (Fsp3) is 0.118. The third kappa shape index (κ3) is 3.18. The van der Waals surface area contributed by atoms with Gasteiger partial charge in [-0.2, -0.15) is 0 Å². The number of carbonyl (C=O) groups excluding carboxylic acids is 1. The Hall–Kier alpha value is -2.57. The molecule has 1 heterocycles. The highest BCUT2D eigenvalue weighted by molar-refractivity contribution is 6.42. The molecule has 25 heavy (non-hydrogen) atoms. The van der Waals surface area contributed by atoms with Crippen LogP contribution in [0.4, 0.5) is 0 Å². The SMILES string of the molecule is Cc1c(C(=O)OCc2ccccc2)[n+](=O)c2cc(Cl)c(Cl)cc2n1[O-]. The summed E-state index contributed by atoms with van der Waals surface area (Å²) in [6, 6.07) is 11.5. The van der Waals surface area contributed by atoms with E-state index in [4.69, 9.17) is 27.9 Å². The Morgan fingerprint density at radius 2 is 1.84 bits per heavy atom. The highest BCUT2D eigenvalue weighted by Gasteiger charge is 2.29. The minimum atomic E-state index is -0.895. The smallest absolute Gasteiger partial charge is 0.411 e. The van der Waals surface area contributed by atoms with Crippen LogP contribution in [0.3, 0.4) is 0 Å². The molecule has 0 aliphatic heterocycles. The van der Waals surface area contributed by atoms with E-state index in [9.17, 15) is 14.9 Å². The number of hydrogen-bond donors (Lipinski definition) is 0. The maximum absolute atomic E-state index is 12.6. The molecule has 8 heteroatoms. The molecule has 1 aromatic heterocycles. The lowest BCUT2D eigenvalue weighted by Gasteiger charge is -2.16. The molecule has 0 radical (unpaired) electrons. The molecule has 0 amide bonds. The predicted molar refractivity (Wildman–Crippen MR) is 94.4 cm³/mol. The highest BCUT2D eigenvalue weighted by atomic mass is 35.5. The van der Waals surface area contributed by atoms with E-state index in [1.54, 1.807) is 24.3 Å². The number of nitrogens with zero attached hydrogens (tertiary/aromatic N) is 2. The van der Waals surface area contributed by atoms with Gasteiger partial charge in [0, 0.05) is 11.0 Å². The zero-order valence-corrected chi connectivity index (χ0v) is 14.5. The average Bonchev–Trinajstić information content (AvgIpc) is 2.61. The van der Waals surface area contributed by atoms with E-state index in [-0.39, 0.29) is 33.4 Å². The van der Waals surface area contributed by atoms with Crippen LogP contribution >= 0.6 is 23.2 Å². The molecule has 0 saturated carbocycles. The summed E-state index contributed by atoms with van der Waals surface area (Å²) < 4.78 is 5.97. The second-order valence-electron chi connectivity index (χ2n) is 5.34. The number of carbonyl (C=O) groups is 1. The van der Waals surface area contributed by atoms with Crippen molar-refractivity contribution in [2.45, 2.75) is 13.5 Å². The number of fused-ring (bicyclic) bond motifs is 1. The van der Waals surface area contributed by atoms with Crippen molar-refractivity contribution in [3.05, 3.63) is 79.6 Å². The molecular formula is C17H12Cl2N2O4. The molecular weight excluding hydrogens is 367 g/mol. The van der Waals surface area contributed by atoms with Crippen LogP contribution in [0.5, 0.6) is 0 Å². The van der Waals surface area contributed by atoms with Gasteiger partial charge in [0.15, 0.2) is 0 Å². The summed E-state index contributed by atoms with van der Waals surface area (Å²) in [6.07, 6.45) is 0. The van der Waals surface area contributed by atoms with Crippen LogP contribution in [-0.4, -0.2) is 10.7 Å². The van der Waals surface area contributed by atoms with Crippen LogP contribution in [0.15, 0.2) is 42.5 Å². The minimum Gasteiger partial charge on any atom is -0.805 e. The van der Waals surface area contributed by atoms with E-state index in [0.717, 1.165) is 5.56 Å². The predicted octanol–water partition coefficient (Wildman–Crippen LogP) is 3.87. The van der Waals surface area contributed by atoms with Crippen LogP contribution < -0.4 is 4.43 Å². The van der Waals surface area contributed by atoms with Crippen LogP contribution in [0.1, 0.15) is 21.7 Å². The fourth-order valence-electron chi connectivity index (χ4n) is 2.42. The van der Waals surface area contributed by atoms with Gasteiger partial charge in [-0.3, -0.25) is 0 Å². The van der Waals surface area contributed by atoms with Crippen molar-refractivity contribution in [1.82, 2.24) is 4.73 Å². The number of benzene rings is 2. The first-order chi connectivity index (χ1) is 11.9. The molecule has 0 atom stereocenters. The Bertz CT molecular complexity index is 1030. The van der Waals surface area contributed by atoms with Crippen molar-refractivity contribution in [2.75, 3.05) is 0 Å². The van der Waals surface area contributed by atoms with Crippen molar-refractivity contribution in [3.8, 4) is 0 Å². The van der Waals surface area contributed by atoms with Crippen molar-refractivity contribution >= 4 is 40.2 Å². The van der Waals surface area contributed by atoms with E-state index >= 15 is 0 Å². The summed E-state index contributed by atoms with van der Waals surface area (Å²) in [6.45, 7) is 1.35. The third-order valence-electron chi connectivity index (χ3n) is 3.71. The largest absolute Gasteiger partial charge is 0.805 e.